The van der Waals surface area contributed by atoms with Crippen LogP contribution in [0.4, 0.5) is 0 Å². The molecule has 3 aromatic rings. The van der Waals surface area contributed by atoms with E-state index in [2.05, 4.69) is 44.0 Å². The molecule has 10 heteroatoms. The number of hydrogen-bond acceptors (Lipinski definition) is 6. The van der Waals surface area contributed by atoms with E-state index in [9.17, 15) is 0 Å². The number of ether oxygens (including phenoxy) is 6. The number of rotatable bonds is 2. The van der Waals surface area contributed by atoms with Crippen molar-refractivity contribution in [2.75, 3.05) is 45.0 Å². The van der Waals surface area contributed by atoms with Gasteiger partial charge in [-0.1, -0.05) is 68.3 Å². The quantitative estimate of drug-likeness (QED) is 0.253. The average molecular weight is 707 g/mol. The maximum Gasteiger partial charge on any atom is 0.161 e. The fourth-order valence-corrected chi connectivity index (χ4v) is 4.78. The first-order valence-electron chi connectivity index (χ1n) is 12.4. The van der Waals surface area contributed by atoms with E-state index in [0.29, 0.717) is 75.9 Å². The smallest absolute Gasteiger partial charge is 0.161 e. The van der Waals surface area contributed by atoms with E-state index in [1.807, 2.05) is 48.5 Å². The molecule has 0 atom stereocenters. The van der Waals surface area contributed by atoms with Crippen LogP contribution in [0.15, 0.2) is 60.7 Å². The molecule has 0 amide bonds. The molecule has 0 spiro atoms. The molecule has 0 saturated carbocycles. The Bertz CT molecular complexity index is 1050. The minimum atomic E-state index is 0.194. The van der Waals surface area contributed by atoms with Gasteiger partial charge in [0.2, 0.25) is 0 Å². The van der Waals surface area contributed by atoms with Gasteiger partial charge < -0.3 is 28.4 Å². The van der Waals surface area contributed by atoms with Crippen molar-refractivity contribution in [3.05, 3.63) is 82.9 Å². The van der Waals surface area contributed by atoms with Gasteiger partial charge in [-0.3, -0.25) is 0 Å². The molecule has 6 nitrogen and oxygen atoms in total. The molecule has 1 aliphatic heterocycles. The van der Waals surface area contributed by atoms with Crippen LogP contribution in [0.5, 0.6) is 23.0 Å². The van der Waals surface area contributed by atoms with Crippen LogP contribution in [0.3, 0.4) is 0 Å². The Balaban J connectivity index is 0.00000134. The van der Waals surface area contributed by atoms with E-state index in [-0.39, 0.29) is 5.34 Å². The van der Waals surface area contributed by atoms with E-state index in [4.69, 9.17) is 51.6 Å². The first kappa shape index (κ1) is 31.8. The Labute approximate surface area is 257 Å². The molecule has 0 unspecified atom stereocenters. The van der Waals surface area contributed by atoms with Gasteiger partial charge >= 0.3 is 0 Å². The zero-order chi connectivity index (χ0) is 27.7. The topological polar surface area (TPSA) is 55.4 Å². The van der Waals surface area contributed by atoms with Crippen molar-refractivity contribution in [2.24, 2.45) is 0 Å². The van der Waals surface area contributed by atoms with Crippen molar-refractivity contribution < 1.29 is 28.4 Å². The minimum Gasteiger partial charge on any atom is -0.487 e. The summed E-state index contributed by atoms with van der Waals surface area (Å²) >= 11 is 16.8. The summed E-state index contributed by atoms with van der Waals surface area (Å²) in [5.74, 6) is 2.75. The van der Waals surface area contributed by atoms with Gasteiger partial charge in [0, 0.05) is 10.7 Å². The summed E-state index contributed by atoms with van der Waals surface area (Å²) in [7, 11) is 0. The van der Waals surface area contributed by atoms with Crippen molar-refractivity contribution in [2.45, 2.75) is 23.9 Å². The summed E-state index contributed by atoms with van der Waals surface area (Å²) in [6.07, 6.45) is 0. The zero-order valence-corrected chi connectivity index (χ0v) is 26.2. The fraction of sp³-hybridized carbons (Fsp3) is 0.379. The van der Waals surface area contributed by atoms with Crippen LogP contribution in [-0.4, -0.2) is 45.0 Å². The molecule has 0 radical (unpaired) electrons. The van der Waals surface area contributed by atoms with E-state index >= 15 is 0 Å². The molecule has 0 saturated heterocycles. The van der Waals surface area contributed by atoms with Gasteiger partial charge in [0.05, 0.1) is 31.8 Å². The number of fused-ring (bicyclic) bond motifs is 3. The van der Waals surface area contributed by atoms with Crippen molar-refractivity contribution in [1.29, 1.82) is 0 Å². The number of hydrogen-bond donors (Lipinski definition) is 0. The summed E-state index contributed by atoms with van der Waals surface area (Å²) in [6.45, 7) is 3.52. The molecule has 3 aromatic carbocycles. The number of para-hydroxylation sites is 4. The molecule has 1 heterocycles. The van der Waals surface area contributed by atoms with E-state index in [1.54, 1.807) is 0 Å². The number of benzene rings is 3. The second-order valence-corrected chi connectivity index (χ2v) is 10.1. The fourth-order valence-electron chi connectivity index (χ4n) is 3.74. The van der Waals surface area contributed by atoms with Gasteiger partial charge in [0.1, 0.15) is 26.4 Å². The van der Waals surface area contributed by atoms with Gasteiger partial charge in [-0.15, -0.1) is 23.2 Å². The minimum absolute atomic E-state index is 0.194. The van der Waals surface area contributed by atoms with Gasteiger partial charge in [-0.25, -0.2) is 0 Å². The van der Waals surface area contributed by atoms with Crippen molar-refractivity contribution in [3.63, 3.8) is 0 Å². The predicted octanol–water partition coefficient (Wildman–Crippen LogP) is 7.86. The van der Waals surface area contributed by atoms with Gasteiger partial charge in [0.15, 0.2) is 23.0 Å². The SMILES string of the molecule is BrCc1cc2c(cc1CBr)COc1ccccc1OCCOCCOCCOc1ccccc1OC2.ClCCl. The summed E-state index contributed by atoms with van der Waals surface area (Å²) in [5.41, 5.74) is 4.50. The first-order chi connectivity index (χ1) is 19.2. The first-order valence-corrected chi connectivity index (χ1v) is 15.7. The molecule has 4 rings (SSSR count). The Hall–Kier alpha value is -1.68. The molecular formula is C29H32Br2Cl2O6. The Morgan fingerprint density at radius 1 is 0.538 bits per heavy atom. The van der Waals surface area contributed by atoms with Crippen molar-refractivity contribution in [3.8, 4) is 23.0 Å². The molecule has 39 heavy (non-hydrogen) atoms. The lowest BCUT2D eigenvalue weighted by Crippen LogP contribution is -2.14. The monoisotopic (exact) mass is 704 g/mol. The maximum atomic E-state index is 6.25. The third-order valence-electron chi connectivity index (χ3n) is 5.62. The molecule has 0 aliphatic carbocycles. The molecule has 0 aromatic heterocycles. The normalized spacial score (nSPS) is 14.8. The molecule has 0 N–H and O–H groups in total. The van der Waals surface area contributed by atoms with Gasteiger partial charge in [-0.2, -0.15) is 0 Å². The van der Waals surface area contributed by atoms with Crippen LogP contribution in [-0.2, 0) is 33.3 Å². The second-order valence-electron chi connectivity index (χ2n) is 8.15. The second kappa shape index (κ2) is 18.6. The van der Waals surface area contributed by atoms with E-state index < -0.39 is 0 Å². The predicted molar refractivity (Wildman–Crippen MR) is 162 cm³/mol. The maximum absolute atomic E-state index is 6.25. The van der Waals surface area contributed by atoms with Crippen LogP contribution in [0.1, 0.15) is 22.3 Å². The van der Waals surface area contributed by atoms with Crippen LogP contribution < -0.4 is 18.9 Å². The largest absolute Gasteiger partial charge is 0.487 e. The standard InChI is InChI=1S/C28H30Br2O6.CH2Cl2/c29-17-21-15-23-19-35-27-7-3-1-5-25(27)33-13-11-31-9-10-32-12-14-34-26-6-2-4-8-28(26)36-20-24(23)16-22(21)18-30;2-1-3/h1-8,15-16H,9-14,17-20H2;1H2. The lowest BCUT2D eigenvalue weighted by molar-refractivity contribution is 0.0267. The molecule has 1 aliphatic rings. The highest BCUT2D eigenvalue weighted by atomic mass is 79.9. The van der Waals surface area contributed by atoms with E-state index in [1.165, 1.54) is 11.1 Å². The molecular weight excluding hydrogens is 675 g/mol. The lowest BCUT2D eigenvalue weighted by atomic mass is 10.0. The Morgan fingerprint density at radius 2 is 0.872 bits per heavy atom. The molecule has 0 fully saturated rings. The third-order valence-corrected chi connectivity index (χ3v) is 6.83. The van der Waals surface area contributed by atoms with Crippen LogP contribution in [0.25, 0.3) is 0 Å². The van der Waals surface area contributed by atoms with Crippen molar-refractivity contribution in [1.82, 2.24) is 0 Å². The summed E-state index contributed by atoms with van der Waals surface area (Å²) in [6, 6.07) is 19.7. The van der Waals surface area contributed by atoms with Crippen molar-refractivity contribution >= 4 is 55.1 Å². The highest BCUT2D eigenvalue weighted by Crippen LogP contribution is 2.31. The highest BCUT2D eigenvalue weighted by molar-refractivity contribution is 9.09. The number of alkyl halides is 4. The zero-order valence-electron chi connectivity index (χ0n) is 21.5. The Morgan fingerprint density at radius 3 is 1.23 bits per heavy atom. The third kappa shape index (κ3) is 10.7. The Kier molecular flexibility index (Phi) is 15.2. The van der Waals surface area contributed by atoms with Crippen LogP contribution in [0, 0.1) is 0 Å². The summed E-state index contributed by atoms with van der Waals surface area (Å²) < 4.78 is 35.6. The highest BCUT2D eigenvalue weighted by Gasteiger charge is 2.14. The molecule has 212 valence electrons. The lowest BCUT2D eigenvalue weighted by Gasteiger charge is -2.18. The summed E-state index contributed by atoms with van der Waals surface area (Å²) in [4.78, 5) is 0. The van der Waals surface area contributed by atoms with E-state index in [0.717, 1.165) is 21.8 Å². The van der Waals surface area contributed by atoms with Crippen LogP contribution >= 0.6 is 55.1 Å². The van der Waals surface area contributed by atoms with Crippen LogP contribution in [0.2, 0.25) is 0 Å². The number of halogens is 4. The van der Waals surface area contributed by atoms with Gasteiger partial charge in [0.25, 0.3) is 0 Å². The average Bonchev–Trinajstić information content (AvgIpc) is 2.96. The molecule has 0 bridgehead atoms. The summed E-state index contributed by atoms with van der Waals surface area (Å²) in [5, 5.41) is 1.70. The van der Waals surface area contributed by atoms with Gasteiger partial charge in [-0.05, 0) is 46.5 Å².